The topological polar surface area (TPSA) is 116 Å². The second-order valence-electron chi connectivity index (χ2n) is 6.17. The molecule has 8 heteroatoms. The van der Waals surface area contributed by atoms with Crippen molar-refractivity contribution in [1.82, 2.24) is 15.5 Å². The lowest BCUT2D eigenvalue weighted by molar-refractivity contribution is -0.142. The number of nitrogens with one attached hydrogen (secondary N) is 2. The summed E-state index contributed by atoms with van der Waals surface area (Å²) in [6.45, 7) is 1.80. The highest BCUT2D eigenvalue weighted by atomic mass is 16.4. The number of carboxylic acid groups (broad SMARTS) is 1. The molecule has 1 aliphatic heterocycles. The van der Waals surface area contributed by atoms with Crippen molar-refractivity contribution < 1.29 is 24.3 Å². The molecule has 128 valence electrons. The van der Waals surface area contributed by atoms with E-state index in [9.17, 15) is 19.2 Å². The molecule has 23 heavy (non-hydrogen) atoms. The molecule has 2 fully saturated rings. The predicted molar refractivity (Wildman–Crippen MR) is 80.5 cm³/mol. The molecular weight excluding hydrogens is 302 g/mol. The summed E-state index contributed by atoms with van der Waals surface area (Å²) >= 11 is 0. The minimum Gasteiger partial charge on any atom is -0.480 e. The molecule has 2 rings (SSSR count). The lowest BCUT2D eigenvalue weighted by atomic mass is 9.98. The van der Waals surface area contributed by atoms with Gasteiger partial charge in [-0.3, -0.25) is 14.5 Å². The number of amides is 4. The van der Waals surface area contributed by atoms with Crippen molar-refractivity contribution >= 4 is 23.8 Å². The maximum atomic E-state index is 12.4. The van der Waals surface area contributed by atoms with Gasteiger partial charge in [0.05, 0.1) is 0 Å². The predicted octanol–water partition coefficient (Wildman–Crippen LogP) is 0.611. The Bertz CT molecular complexity index is 513. The summed E-state index contributed by atoms with van der Waals surface area (Å²) in [7, 11) is 0. The van der Waals surface area contributed by atoms with E-state index < -0.39 is 29.5 Å². The van der Waals surface area contributed by atoms with Gasteiger partial charge in [0.1, 0.15) is 11.6 Å². The van der Waals surface area contributed by atoms with Crippen LogP contribution in [0.15, 0.2) is 0 Å². The first kappa shape index (κ1) is 17.2. The van der Waals surface area contributed by atoms with Gasteiger partial charge in [0.2, 0.25) is 5.91 Å². The number of carbonyl (C=O) groups is 4. The smallest absolute Gasteiger partial charge is 0.326 e. The maximum absolute atomic E-state index is 12.4. The van der Waals surface area contributed by atoms with Gasteiger partial charge in [-0.15, -0.1) is 0 Å². The summed E-state index contributed by atoms with van der Waals surface area (Å²) in [5.74, 6) is -1.82. The second-order valence-corrected chi connectivity index (χ2v) is 6.17. The van der Waals surface area contributed by atoms with Crippen molar-refractivity contribution in [2.75, 3.05) is 6.54 Å². The molecule has 1 unspecified atom stereocenters. The fraction of sp³-hybridized carbons (Fsp3) is 0.733. The van der Waals surface area contributed by atoms with Gasteiger partial charge in [0.25, 0.3) is 5.91 Å². The van der Waals surface area contributed by atoms with Crippen LogP contribution in [0.25, 0.3) is 0 Å². The quantitative estimate of drug-likeness (QED) is 0.593. The van der Waals surface area contributed by atoms with Crippen LogP contribution in [0.4, 0.5) is 4.79 Å². The van der Waals surface area contributed by atoms with Crippen LogP contribution in [0, 0.1) is 0 Å². The van der Waals surface area contributed by atoms with Crippen LogP contribution in [0.2, 0.25) is 0 Å². The molecule has 0 aromatic rings. The van der Waals surface area contributed by atoms with Gasteiger partial charge in [0, 0.05) is 13.0 Å². The number of carbonyl (C=O) groups excluding carboxylic acids is 3. The Morgan fingerprint density at radius 2 is 2.00 bits per heavy atom. The minimum absolute atomic E-state index is 0.0310. The number of hydrogen-bond acceptors (Lipinski definition) is 4. The van der Waals surface area contributed by atoms with E-state index in [2.05, 4.69) is 10.6 Å². The van der Waals surface area contributed by atoms with Crippen LogP contribution >= 0.6 is 0 Å². The molecular formula is C15H23N3O5. The van der Waals surface area contributed by atoms with E-state index in [-0.39, 0.29) is 18.9 Å². The largest absolute Gasteiger partial charge is 0.480 e. The summed E-state index contributed by atoms with van der Waals surface area (Å²) in [6.07, 6.45) is 3.95. The molecule has 8 nitrogen and oxygen atoms in total. The number of imide groups is 1. The number of carboxylic acids is 1. The van der Waals surface area contributed by atoms with Crippen LogP contribution in [0.1, 0.15) is 51.9 Å². The fourth-order valence-electron chi connectivity index (χ4n) is 3.22. The van der Waals surface area contributed by atoms with Gasteiger partial charge in [-0.25, -0.2) is 9.59 Å². The second kappa shape index (κ2) is 6.97. The van der Waals surface area contributed by atoms with Gasteiger partial charge in [-0.05, 0) is 19.3 Å². The van der Waals surface area contributed by atoms with E-state index in [4.69, 9.17) is 5.11 Å². The fourth-order valence-corrected chi connectivity index (χ4v) is 3.22. The average molecular weight is 325 g/mol. The van der Waals surface area contributed by atoms with Crippen molar-refractivity contribution in [1.29, 1.82) is 0 Å². The Labute approximate surface area is 134 Å². The Hall–Kier alpha value is -2.12. The summed E-state index contributed by atoms with van der Waals surface area (Å²) in [4.78, 5) is 48.3. The highest BCUT2D eigenvalue weighted by Gasteiger charge is 2.52. The molecule has 1 saturated carbocycles. The zero-order valence-electron chi connectivity index (χ0n) is 13.3. The molecule has 1 atom stereocenters. The summed E-state index contributed by atoms with van der Waals surface area (Å²) in [5.41, 5.74) is -0.778. The van der Waals surface area contributed by atoms with E-state index in [1.165, 1.54) is 0 Å². The van der Waals surface area contributed by atoms with E-state index in [1.807, 2.05) is 6.92 Å². The first-order valence-corrected chi connectivity index (χ1v) is 8.06. The van der Waals surface area contributed by atoms with Gasteiger partial charge < -0.3 is 15.7 Å². The van der Waals surface area contributed by atoms with Crippen molar-refractivity contribution in [2.24, 2.45) is 0 Å². The molecule has 0 aromatic carbocycles. The molecule has 3 N–H and O–H groups in total. The molecule has 2 aliphatic rings. The Balaban J connectivity index is 1.88. The SMILES string of the molecule is CCCC(NC(=O)CCN1C(=O)NC2(CCCC2)C1=O)C(=O)O. The van der Waals surface area contributed by atoms with Crippen molar-refractivity contribution in [3.05, 3.63) is 0 Å². The van der Waals surface area contributed by atoms with Crippen LogP contribution in [-0.2, 0) is 14.4 Å². The van der Waals surface area contributed by atoms with E-state index in [0.29, 0.717) is 25.7 Å². The summed E-state index contributed by atoms with van der Waals surface area (Å²) < 4.78 is 0. The first-order chi connectivity index (χ1) is 10.9. The number of nitrogens with zero attached hydrogens (tertiary/aromatic N) is 1. The molecule has 4 amide bonds. The Morgan fingerprint density at radius 3 is 2.57 bits per heavy atom. The lowest BCUT2D eigenvalue weighted by Crippen LogP contribution is -2.44. The van der Waals surface area contributed by atoms with E-state index in [1.54, 1.807) is 0 Å². The number of rotatable bonds is 7. The van der Waals surface area contributed by atoms with Crippen LogP contribution < -0.4 is 10.6 Å². The third-order valence-electron chi connectivity index (χ3n) is 4.48. The van der Waals surface area contributed by atoms with E-state index in [0.717, 1.165) is 17.7 Å². The monoisotopic (exact) mass is 325 g/mol. The van der Waals surface area contributed by atoms with E-state index >= 15 is 0 Å². The van der Waals surface area contributed by atoms with Crippen LogP contribution in [-0.4, -0.2) is 51.9 Å². The molecule has 1 saturated heterocycles. The van der Waals surface area contributed by atoms with Gasteiger partial charge >= 0.3 is 12.0 Å². The highest BCUT2D eigenvalue weighted by Crippen LogP contribution is 2.34. The highest BCUT2D eigenvalue weighted by molar-refractivity contribution is 6.07. The van der Waals surface area contributed by atoms with Gasteiger partial charge in [-0.1, -0.05) is 26.2 Å². The minimum atomic E-state index is -1.08. The Morgan fingerprint density at radius 1 is 1.35 bits per heavy atom. The summed E-state index contributed by atoms with van der Waals surface area (Å²) in [5, 5.41) is 14.2. The normalized spacial score (nSPS) is 20.7. The zero-order valence-corrected chi connectivity index (χ0v) is 13.3. The third-order valence-corrected chi connectivity index (χ3v) is 4.48. The molecule has 0 radical (unpaired) electrons. The standard InChI is InChI=1S/C15H23N3O5/c1-2-5-10(12(20)21)16-11(19)6-9-18-13(22)15(17-14(18)23)7-3-4-8-15/h10H,2-9H2,1H3,(H,16,19)(H,17,23)(H,20,21). The maximum Gasteiger partial charge on any atom is 0.326 e. The lowest BCUT2D eigenvalue weighted by Gasteiger charge is -2.20. The third kappa shape index (κ3) is 3.62. The number of urea groups is 1. The zero-order chi connectivity index (χ0) is 17.0. The molecule has 1 heterocycles. The van der Waals surface area contributed by atoms with Crippen molar-refractivity contribution in [3.63, 3.8) is 0 Å². The van der Waals surface area contributed by atoms with Crippen molar-refractivity contribution in [3.8, 4) is 0 Å². The van der Waals surface area contributed by atoms with Gasteiger partial charge in [0.15, 0.2) is 0 Å². The summed E-state index contributed by atoms with van der Waals surface area (Å²) in [6, 6.07) is -1.40. The van der Waals surface area contributed by atoms with Crippen molar-refractivity contribution in [2.45, 2.75) is 63.5 Å². The number of hydrogen-bond donors (Lipinski definition) is 3. The molecule has 1 aliphatic carbocycles. The molecule has 0 aromatic heterocycles. The Kier molecular flexibility index (Phi) is 5.23. The average Bonchev–Trinajstić information content (AvgIpc) is 3.04. The van der Waals surface area contributed by atoms with Gasteiger partial charge in [-0.2, -0.15) is 0 Å². The van der Waals surface area contributed by atoms with Crippen LogP contribution in [0.5, 0.6) is 0 Å². The molecule has 0 bridgehead atoms. The van der Waals surface area contributed by atoms with Crippen LogP contribution in [0.3, 0.4) is 0 Å². The number of aliphatic carboxylic acids is 1. The first-order valence-electron chi connectivity index (χ1n) is 8.06. The molecule has 1 spiro atoms.